The van der Waals surface area contributed by atoms with E-state index in [1.165, 1.54) is 36.8 Å². The Morgan fingerprint density at radius 1 is 1.24 bits per heavy atom. The molecule has 1 N–H and O–H groups in total. The van der Waals surface area contributed by atoms with E-state index in [2.05, 4.69) is 15.3 Å². The average molecular weight is 351 g/mol. The van der Waals surface area contributed by atoms with Crippen LogP contribution in [0.4, 0.5) is 0 Å². The summed E-state index contributed by atoms with van der Waals surface area (Å²) in [7, 11) is 5.33. The summed E-state index contributed by atoms with van der Waals surface area (Å²) in [5, 5.41) is 8.36. The van der Waals surface area contributed by atoms with Gasteiger partial charge < -0.3 is 10.1 Å². The molecule has 1 aromatic heterocycles. The van der Waals surface area contributed by atoms with Gasteiger partial charge in [-0.1, -0.05) is 12.8 Å². The lowest BCUT2D eigenvalue weighted by Crippen LogP contribution is -2.46. The number of hydrogen-bond donors (Lipinski definition) is 1. The van der Waals surface area contributed by atoms with Gasteiger partial charge in [-0.05, 0) is 31.7 Å². The Kier molecular flexibility index (Phi) is 6.30. The third kappa shape index (κ3) is 4.51. The topological polar surface area (TPSA) is 64.3 Å². The zero-order chi connectivity index (χ0) is 17.8. The molecule has 0 spiro atoms. The maximum atomic E-state index is 11.9. The molecule has 1 aliphatic carbocycles. The predicted octanol–water partition coefficient (Wildman–Crippen LogP) is 0.530. The van der Waals surface area contributed by atoms with Gasteiger partial charge in [-0.15, -0.1) is 0 Å². The highest BCUT2D eigenvalue weighted by atomic mass is 16.5. The van der Waals surface area contributed by atoms with Crippen molar-refractivity contribution in [2.24, 2.45) is 20.0 Å². The monoisotopic (exact) mass is 351 g/mol. The van der Waals surface area contributed by atoms with Crippen LogP contribution in [0.3, 0.4) is 0 Å². The molecule has 1 saturated heterocycles. The summed E-state index contributed by atoms with van der Waals surface area (Å²) in [5.41, 5.74) is -0.0279. The first-order valence-electron chi connectivity index (χ1n) is 9.64. The Morgan fingerprint density at radius 3 is 2.76 bits per heavy atom. The minimum atomic E-state index is -0.0279. The van der Waals surface area contributed by atoms with E-state index in [0.29, 0.717) is 18.0 Å². The maximum absolute atomic E-state index is 11.9. The fraction of sp³-hybridized carbons (Fsp3) is 0.889. The molecule has 2 fully saturated rings. The molecule has 0 bridgehead atoms. The molecule has 1 aliphatic heterocycles. The van der Waals surface area contributed by atoms with Crippen LogP contribution in [0.5, 0.6) is 0 Å². The van der Waals surface area contributed by atoms with Crippen molar-refractivity contribution in [3.8, 4) is 0 Å². The smallest absolute Gasteiger partial charge is 0.345 e. The number of nitrogens with zero attached hydrogens (tertiary/aromatic N) is 4. The van der Waals surface area contributed by atoms with Crippen molar-refractivity contribution in [1.29, 1.82) is 0 Å². The first-order chi connectivity index (χ1) is 12.1. The molecule has 142 valence electrons. The second-order valence-electron chi connectivity index (χ2n) is 7.68. The van der Waals surface area contributed by atoms with Crippen molar-refractivity contribution in [3.05, 3.63) is 16.3 Å². The van der Waals surface area contributed by atoms with Crippen molar-refractivity contribution in [2.75, 3.05) is 33.4 Å². The Labute approximate surface area is 150 Å². The van der Waals surface area contributed by atoms with E-state index in [9.17, 15) is 4.79 Å². The van der Waals surface area contributed by atoms with Crippen LogP contribution in [-0.4, -0.2) is 64.7 Å². The number of rotatable bonds is 7. The second kappa shape index (κ2) is 8.47. The number of likely N-dealkylation sites (tertiary alicyclic amines) is 1. The Bertz CT molecular complexity index is 611. The average Bonchev–Trinajstić information content (AvgIpc) is 3.15. The quantitative estimate of drug-likeness (QED) is 0.776. The van der Waals surface area contributed by atoms with Crippen LogP contribution >= 0.6 is 0 Å². The molecule has 3 rings (SSSR count). The first kappa shape index (κ1) is 18.6. The van der Waals surface area contributed by atoms with E-state index in [-0.39, 0.29) is 5.69 Å². The molecule has 0 amide bonds. The maximum Gasteiger partial charge on any atom is 0.345 e. The lowest BCUT2D eigenvalue weighted by atomic mass is 9.82. The minimum Gasteiger partial charge on any atom is -0.383 e. The molecule has 2 aliphatic rings. The standard InChI is InChI=1S/C18H33N5O2/c1-21-17(20-22(2)18(21)24)12-14-6-4-5-7-16(14)19-15-8-9-23(13-15)10-11-25-3/h14-16,19H,4-13H2,1-3H3/t14-,15?,16-/m1/s1. The molecule has 25 heavy (non-hydrogen) atoms. The van der Waals surface area contributed by atoms with Crippen LogP contribution in [0.2, 0.25) is 0 Å². The van der Waals surface area contributed by atoms with Crippen LogP contribution in [0, 0.1) is 5.92 Å². The van der Waals surface area contributed by atoms with E-state index in [4.69, 9.17) is 4.74 Å². The first-order valence-corrected chi connectivity index (χ1v) is 9.64. The van der Waals surface area contributed by atoms with E-state index < -0.39 is 0 Å². The number of nitrogens with one attached hydrogen (secondary N) is 1. The van der Waals surface area contributed by atoms with Gasteiger partial charge in [0.05, 0.1) is 6.61 Å². The summed E-state index contributed by atoms with van der Waals surface area (Å²) < 4.78 is 8.35. The zero-order valence-corrected chi connectivity index (χ0v) is 15.9. The van der Waals surface area contributed by atoms with Crippen molar-refractivity contribution in [3.63, 3.8) is 0 Å². The number of ether oxygens (including phenoxy) is 1. The number of aromatic nitrogens is 3. The predicted molar refractivity (Wildman–Crippen MR) is 97.8 cm³/mol. The van der Waals surface area contributed by atoms with Crippen LogP contribution in [0.1, 0.15) is 37.9 Å². The van der Waals surface area contributed by atoms with Crippen LogP contribution in [0.15, 0.2) is 4.79 Å². The lowest BCUT2D eigenvalue weighted by Gasteiger charge is -2.34. The summed E-state index contributed by atoms with van der Waals surface area (Å²) in [6.07, 6.45) is 7.16. The van der Waals surface area contributed by atoms with Gasteiger partial charge in [-0.2, -0.15) is 5.10 Å². The molecule has 2 heterocycles. The highest BCUT2D eigenvalue weighted by molar-refractivity contribution is 4.95. The van der Waals surface area contributed by atoms with Gasteiger partial charge in [-0.25, -0.2) is 9.48 Å². The van der Waals surface area contributed by atoms with Crippen LogP contribution < -0.4 is 11.0 Å². The van der Waals surface area contributed by atoms with Crippen molar-refractivity contribution in [2.45, 2.75) is 50.6 Å². The number of hydrogen-bond acceptors (Lipinski definition) is 5. The molecule has 1 saturated carbocycles. The Balaban J connectivity index is 1.58. The SMILES string of the molecule is COCCN1CCC(N[C@@H]2CCCC[C@@H]2Cc2nn(C)c(=O)n2C)C1. The summed E-state index contributed by atoms with van der Waals surface area (Å²) in [6, 6.07) is 1.12. The molecule has 3 atom stereocenters. The van der Waals surface area contributed by atoms with Crippen molar-refractivity contribution >= 4 is 0 Å². The van der Waals surface area contributed by atoms with Gasteiger partial charge in [0, 0.05) is 52.8 Å². The van der Waals surface area contributed by atoms with E-state index in [1.54, 1.807) is 18.7 Å². The van der Waals surface area contributed by atoms with E-state index in [1.807, 2.05) is 7.05 Å². The summed E-state index contributed by atoms with van der Waals surface area (Å²) in [5.74, 6) is 1.49. The molecule has 1 unspecified atom stereocenters. The largest absolute Gasteiger partial charge is 0.383 e. The zero-order valence-electron chi connectivity index (χ0n) is 15.9. The van der Waals surface area contributed by atoms with Gasteiger partial charge in [0.2, 0.25) is 0 Å². The summed E-state index contributed by atoms with van der Waals surface area (Å²) in [4.78, 5) is 14.4. The Hall–Kier alpha value is -1.18. The van der Waals surface area contributed by atoms with Gasteiger partial charge in [0.1, 0.15) is 5.82 Å². The molecular weight excluding hydrogens is 318 g/mol. The molecule has 0 aromatic carbocycles. The van der Waals surface area contributed by atoms with Crippen LogP contribution in [0.25, 0.3) is 0 Å². The van der Waals surface area contributed by atoms with E-state index >= 15 is 0 Å². The van der Waals surface area contributed by atoms with Gasteiger partial charge >= 0.3 is 5.69 Å². The molecule has 0 radical (unpaired) electrons. The highest BCUT2D eigenvalue weighted by Crippen LogP contribution is 2.28. The van der Waals surface area contributed by atoms with Crippen molar-refractivity contribution < 1.29 is 4.74 Å². The van der Waals surface area contributed by atoms with Gasteiger partial charge in [0.25, 0.3) is 0 Å². The number of aryl methyl sites for hydroxylation is 1. The summed E-state index contributed by atoms with van der Waals surface area (Å²) in [6.45, 7) is 4.12. The third-order valence-electron chi connectivity index (χ3n) is 5.90. The van der Waals surface area contributed by atoms with Crippen LogP contribution in [-0.2, 0) is 25.3 Å². The lowest BCUT2D eigenvalue weighted by molar-refractivity contribution is 0.158. The fourth-order valence-electron chi connectivity index (χ4n) is 4.39. The van der Waals surface area contributed by atoms with Gasteiger partial charge in [-0.3, -0.25) is 9.47 Å². The van der Waals surface area contributed by atoms with Crippen molar-refractivity contribution in [1.82, 2.24) is 24.6 Å². The normalized spacial score (nSPS) is 27.9. The molecule has 7 nitrogen and oxygen atoms in total. The second-order valence-corrected chi connectivity index (χ2v) is 7.68. The molecule has 7 heteroatoms. The Morgan fingerprint density at radius 2 is 2.04 bits per heavy atom. The number of methoxy groups -OCH3 is 1. The highest BCUT2D eigenvalue weighted by Gasteiger charge is 2.31. The molecular formula is C18H33N5O2. The van der Waals surface area contributed by atoms with E-state index in [0.717, 1.165) is 38.5 Å². The van der Waals surface area contributed by atoms with Gasteiger partial charge in [0.15, 0.2) is 0 Å². The fourth-order valence-corrected chi connectivity index (χ4v) is 4.39. The summed E-state index contributed by atoms with van der Waals surface area (Å²) >= 11 is 0. The third-order valence-corrected chi connectivity index (χ3v) is 5.90. The molecule has 1 aromatic rings. The minimum absolute atomic E-state index is 0.0279.